The van der Waals surface area contributed by atoms with Crippen molar-refractivity contribution in [2.45, 2.75) is 34.0 Å². The van der Waals surface area contributed by atoms with Gasteiger partial charge in [0.05, 0.1) is 23.7 Å². The number of ether oxygens (including phenoxy) is 2. The van der Waals surface area contributed by atoms with E-state index in [0.717, 1.165) is 7.11 Å². The molecule has 7 heteroatoms. The molecule has 0 aliphatic heterocycles. The number of benzene rings is 1. The second kappa shape index (κ2) is 7.15. The number of esters is 1. The van der Waals surface area contributed by atoms with Crippen LogP contribution in [0, 0.1) is 40.5 Å². The zero-order chi connectivity index (χ0) is 18.9. The molecular formula is C18H20F4O3. The summed E-state index contributed by atoms with van der Waals surface area (Å²) in [7, 11) is 1.14. The summed E-state index contributed by atoms with van der Waals surface area (Å²) in [5, 5.41) is 0. The maximum Gasteiger partial charge on any atom is 0.310 e. The Labute approximate surface area is 143 Å². The third-order valence-electron chi connectivity index (χ3n) is 4.66. The molecule has 1 unspecified atom stereocenters. The van der Waals surface area contributed by atoms with E-state index in [0.29, 0.717) is 0 Å². The van der Waals surface area contributed by atoms with E-state index in [2.05, 4.69) is 4.74 Å². The number of rotatable bonds is 6. The number of hydrogen-bond donors (Lipinski definition) is 0. The first-order chi connectivity index (χ1) is 11.7. The van der Waals surface area contributed by atoms with Crippen molar-refractivity contribution in [2.75, 3.05) is 7.11 Å². The van der Waals surface area contributed by atoms with Gasteiger partial charge in [-0.2, -0.15) is 0 Å². The molecule has 1 fully saturated rings. The highest BCUT2D eigenvalue weighted by atomic mass is 19.2. The molecule has 0 saturated heterocycles. The summed E-state index contributed by atoms with van der Waals surface area (Å²) in [6.07, 6.45) is 3.66. The summed E-state index contributed by atoms with van der Waals surface area (Å²) in [5.74, 6) is -7.43. The van der Waals surface area contributed by atoms with Crippen LogP contribution < -0.4 is 0 Å². The first kappa shape index (κ1) is 19.4. The smallest absolute Gasteiger partial charge is 0.310 e. The van der Waals surface area contributed by atoms with Gasteiger partial charge in [0, 0.05) is 7.11 Å². The predicted octanol–water partition coefficient (Wildman–Crippen LogP) is 4.28. The lowest BCUT2D eigenvalue weighted by molar-refractivity contribution is -0.147. The summed E-state index contributed by atoms with van der Waals surface area (Å²) in [6.45, 7) is 4.04. The minimum Gasteiger partial charge on any atom is -0.460 e. The van der Waals surface area contributed by atoms with Crippen LogP contribution in [-0.2, 0) is 27.5 Å². The van der Waals surface area contributed by atoms with Gasteiger partial charge in [-0.05, 0) is 18.3 Å². The first-order valence-electron chi connectivity index (χ1n) is 7.80. The van der Waals surface area contributed by atoms with Crippen LogP contribution in [0.1, 0.15) is 31.9 Å². The molecule has 2 rings (SSSR count). The van der Waals surface area contributed by atoms with Crippen molar-refractivity contribution in [1.82, 2.24) is 0 Å². The van der Waals surface area contributed by atoms with Gasteiger partial charge in [0.2, 0.25) is 0 Å². The Bertz CT molecular complexity index is 684. The number of carbonyl (C=O) groups excluding carboxylic acids is 1. The van der Waals surface area contributed by atoms with Crippen LogP contribution in [-0.4, -0.2) is 13.1 Å². The van der Waals surface area contributed by atoms with Crippen molar-refractivity contribution in [1.29, 1.82) is 0 Å². The van der Waals surface area contributed by atoms with Gasteiger partial charge in [-0.25, -0.2) is 17.6 Å². The first-order valence-corrected chi connectivity index (χ1v) is 7.80. The minimum atomic E-state index is -1.58. The largest absolute Gasteiger partial charge is 0.460 e. The average molecular weight is 360 g/mol. The lowest BCUT2D eigenvalue weighted by Crippen LogP contribution is -2.15. The normalized spacial score (nSPS) is 21.6. The van der Waals surface area contributed by atoms with Crippen molar-refractivity contribution >= 4 is 5.97 Å². The van der Waals surface area contributed by atoms with E-state index in [4.69, 9.17) is 4.74 Å². The van der Waals surface area contributed by atoms with Crippen LogP contribution >= 0.6 is 0 Å². The fraction of sp³-hybridized carbons (Fsp3) is 0.500. The molecule has 25 heavy (non-hydrogen) atoms. The Balaban J connectivity index is 2.18. The quantitative estimate of drug-likeness (QED) is 0.329. The number of carbonyl (C=O) groups is 1. The number of methoxy groups -OCH3 is 1. The molecule has 2 atom stereocenters. The van der Waals surface area contributed by atoms with Gasteiger partial charge in [0.15, 0.2) is 23.3 Å². The summed E-state index contributed by atoms with van der Waals surface area (Å²) in [6, 6.07) is 0. The van der Waals surface area contributed by atoms with Crippen LogP contribution in [0.4, 0.5) is 17.6 Å². The molecule has 1 aliphatic rings. The lowest BCUT2D eigenvalue weighted by atomic mass is 10.1. The van der Waals surface area contributed by atoms with Crippen LogP contribution in [0.3, 0.4) is 0 Å². The van der Waals surface area contributed by atoms with Crippen molar-refractivity contribution in [3.63, 3.8) is 0 Å². The minimum absolute atomic E-state index is 0.0442. The maximum absolute atomic E-state index is 14.0. The molecule has 0 N–H and O–H groups in total. The van der Waals surface area contributed by atoms with Crippen molar-refractivity contribution < 1.29 is 31.8 Å². The van der Waals surface area contributed by atoms with Gasteiger partial charge in [-0.1, -0.05) is 26.0 Å². The summed E-state index contributed by atoms with van der Waals surface area (Å²) >= 11 is 0. The summed E-state index contributed by atoms with van der Waals surface area (Å²) < 4.78 is 65.2. The molecule has 138 valence electrons. The fourth-order valence-electron chi connectivity index (χ4n) is 3.05. The Morgan fingerprint density at radius 3 is 1.96 bits per heavy atom. The fourth-order valence-corrected chi connectivity index (χ4v) is 3.05. The van der Waals surface area contributed by atoms with E-state index in [-0.39, 0.29) is 11.3 Å². The summed E-state index contributed by atoms with van der Waals surface area (Å²) in [5.41, 5.74) is -2.13. The zero-order valence-electron chi connectivity index (χ0n) is 14.5. The molecule has 0 heterocycles. The van der Waals surface area contributed by atoms with Crippen molar-refractivity contribution in [3.8, 4) is 0 Å². The van der Waals surface area contributed by atoms with Crippen molar-refractivity contribution in [2.24, 2.45) is 17.3 Å². The Hall–Kier alpha value is -1.89. The molecule has 1 aliphatic carbocycles. The van der Waals surface area contributed by atoms with Gasteiger partial charge < -0.3 is 9.47 Å². The third-order valence-corrected chi connectivity index (χ3v) is 4.66. The molecule has 3 nitrogen and oxygen atoms in total. The molecule has 0 radical (unpaired) electrons. The second-order valence-corrected chi connectivity index (χ2v) is 6.60. The Kier molecular flexibility index (Phi) is 5.56. The SMILES string of the molecule is C/C=C\C1[C@@H](C(=O)OCc2c(F)c(F)c(COC)c(F)c2F)C1(C)C. The van der Waals surface area contributed by atoms with Crippen LogP contribution in [0.5, 0.6) is 0 Å². The molecule has 0 amide bonds. The highest BCUT2D eigenvalue weighted by Crippen LogP contribution is 2.59. The van der Waals surface area contributed by atoms with E-state index in [1.165, 1.54) is 0 Å². The number of allylic oxidation sites excluding steroid dienone is 2. The summed E-state index contributed by atoms with van der Waals surface area (Å²) in [4.78, 5) is 12.1. The van der Waals surface area contributed by atoms with Crippen LogP contribution in [0.15, 0.2) is 12.2 Å². The molecule has 1 aromatic rings. The monoisotopic (exact) mass is 360 g/mol. The molecule has 0 aromatic heterocycles. The lowest BCUT2D eigenvalue weighted by Gasteiger charge is -2.12. The van der Waals surface area contributed by atoms with E-state index in [9.17, 15) is 22.4 Å². The van der Waals surface area contributed by atoms with E-state index in [1.54, 1.807) is 6.08 Å². The highest BCUT2D eigenvalue weighted by Gasteiger charge is 2.61. The van der Waals surface area contributed by atoms with Gasteiger partial charge in [0.25, 0.3) is 0 Å². The molecule has 1 saturated carbocycles. The zero-order valence-corrected chi connectivity index (χ0v) is 14.5. The van der Waals surface area contributed by atoms with Gasteiger partial charge in [0.1, 0.15) is 6.61 Å². The standard InChI is InChI=1S/C18H20F4O3/c1-5-6-11-12(18(11,2)3)17(23)25-8-10-15(21)13(19)9(7-24-4)14(20)16(10)22/h5-6,11-12H,7-8H2,1-4H3/b6-5-/t11?,12-/m0/s1. The highest BCUT2D eigenvalue weighted by molar-refractivity contribution is 5.78. The van der Waals surface area contributed by atoms with E-state index >= 15 is 0 Å². The topological polar surface area (TPSA) is 35.5 Å². The van der Waals surface area contributed by atoms with E-state index < -0.39 is 59.5 Å². The molecule has 0 spiro atoms. The van der Waals surface area contributed by atoms with E-state index in [1.807, 2.05) is 26.8 Å². The van der Waals surface area contributed by atoms with Crippen LogP contribution in [0.2, 0.25) is 0 Å². The maximum atomic E-state index is 14.0. The van der Waals surface area contributed by atoms with Gasteiger partial charge in [-0.3, -0.25) is 4.79 Å². The Morgan fingerprint density at radius 1 is 1.04 bits per heavy atom. The average Bonchev–Trinajstić information content (AvgIpc) is 3.10. The molecule has 1 aromatic carbocycles. The van der Waals surface area contributed by atoms with Gasteiger partial charge >= 0.3 is 5.97 Å². The van der Waals surface area contributed by atoms with Crippen LogP contribution in [0.25, 0.3) is 0 Å². The number of halogens is 4. The van der Waals surface area contributed by atoms with Crippen molar-refractivity contribution in [3.05, 3.63) is 46.5 Å². The predicted molar refractivity (Wildman–Crippen MR) is 82.4 cm³/mol. The number of hydrogen-bond acceptors (Lipinski definition) is 3. The molecular weight excluding hydrogens is 340 g/mol. The molecule has 0 bridgehead atoms. The third kappa shape index (κ3) is 3.42. The van der Waals surface area contributed by atoms with Gasteiger partial charge in [-0.15, -0.1) is 0 Å². The Morgan fingerprint density at radius 2 is 1.52 bits per heavy atom. The second-order valence-electron chi connectivity index (χ2n) is 6.60.